The van der Waals surface area contributed by atoms with E-state index in [0.717, 1.165) is 10.9 Å². The fourth-order valence-electron chi connectivity index (χ4n) is 1.76. The Kier molecular flexibility index (Phi) is 3.32. The van der Waals surface area contributed by atoms with Crippen LogP contribution in [0.15, 0.2) is 30.3 Å². The Bertz CT molecular complexity index is 556. The minimum Gasteiger partial charge on any atom is -0.481 e. The Hall–Kier alpha value is -2.30. The number of aromatic amines is 1. The first kappa shape index (κ1) is 12.2. The summed E-state index contributed by atoms with van der Waals surface area (Å²) in [6, 6.07) is 9.37. The monoisotopic (exact) mass is 246 g/mol. The molecular weight excluding hydrogens is 232 g/mol. The predicted octanol–water partition coefficient (Wildman–Crippen LogP) is 1.71. The molecule has 2 aromatic rings. The van der Waals surface area contributed by atoms with Gasteiger partial charge in [-0.1, -0.05) is 18.2 Å². The summed E-state index contributed by atoms with van der Waals surface area (Å²) in [4.78, 5) is 26.9. The number of nitrogens with zero attached hydrogens (tertiary/aromatic N) is 1. The first-order valence-corrected chi connectivity index (χ1v) is 5.63. The highest BCUT2D eigenvalue weighted by Gasteiger charge is 2.14. The van der Waals surface area contributed by atoms with Crippen molar-refractivity contribution in [2.75, 3.05) is 13.6 Å². The van der Waals surface area contributed by atoms with Crippen molar-refractivity contribution < 1.29 is 14.7 Å². The van der Waals surface area contributed by atoms with Gasteiger partial charge in [0.25, 0.3) is 5.91 Å². The molecule has 0 unspecified atom stereocenters. The van der Waals surface area contributed by atoms with E-state index in [2.05, 4.69) is 4.98 Å². The van der Waals surface area contributed by atoms with Gasteiger partial charge in [-0.3, -0.25) is 9.59 Å². The fraction of sp³-hybridized carbons (Fsp3) is 0.231. The highest BCUT2D eigenvalue weighted by atomic mass is 16.4. The lowest BCUT2D eigenvalue weighted by molar-refractivity contribution is -0.137. The van der Waals surface area contributed by atoms with E-state index in [9.17, 15) is 9.59 Å². The molecule has 0 saturated heterocycles. The lowest BCUT2D eigenvalue weighted by atomic mass is 10.2. The van der Waals surface area contributed by atoms with Crippen molar-refractivity contribution in [2.24, 2.45) is 0 Å². The lowest BCUT2D eigenvalue weighted by Crippen LogP contribution is -2.29. The Morgan fingerprint density at radius 3 is 2.72 bits per heavy atom. The molecule has 0 aliphatic heterocycles. The van der Waals surface area contributed by atoms with E-state index >= 15 is 0 Å². The molecule has 2 N–H and O–H groups in total. The topological polar surface area (TPSA) is 73.4 Å². The second kappa shape index (κ2) is 4.91. The Labute approximate surface area is 104 Å². The number of rotatable bonds is 4. The van der Waals surface area contributed by atoms with Gasteiger partial charge in [-0.15, -0.1) is 0 Å². The SMILES string of the molecule is CN(CCC(=O)O)C(=O)c1cc2ccccc2[nH]1. The van der Waals surface area contributed by atoms with E-state index in [1.165, 1.54) is 4.90 Å². The van der Waals surface area contributed by atoms with Crippen molar-refractivity contribution in [3.63, 3.8) is 0 Å². The van der Waals surface area contributed by atoms with Crippen molar-refractivity contribution in [1.82, 2.24) is 9.88 Å². The summed E-state index contributed by atoms with van der Waals surface area (Å²) in [6.07, 6.45) is -0.0531. The number of carboxylic acid groups (broad SMARTS) is 1. The number of aliphatic carboxylic acids is 1. The Balaban J connectivity index is 2.15. The van der Waals surface area contributed by atoms with Crippen LogP contribution in [0.4, 0.5) is 0 Å². The van der Waals surface area contributed by atoms with Crippen LogP contribution in [0.2, 0.25) is 0 Å². The average molecular weight is 246 g/mol. The molecule has 5 nitrogen and oxygen atoms in total. The molecule has 0 bridgehead atoms. The van der Waals surface area contributed by atoms with Gasteiger partial charge in [0, 0.05) is 24.5 Å². The average Bonchev–Trinajstić information content (AvgIpc) is 2.78. The quantitative estimate of drug-likeness (QED) is 0.862. The largest absolute Gasteiger partial charge is 0.481 e. The minimum absolute atomic E-state index is 0.0531. The number of hydrogen-bond acceptors (Lipinski definition) is 2. The van der Waals surface area contributed by atoms with Crippen molar-refractivity contribution in [3.8, 4) is 0 Å². The van der Waals surface area contributed by atoms with Crippen molar-refractivity contribution in [3.05, 3.63) is 36.0 Å². The van der Waals surface area contributed by atoms with Gasteiger partial charge < -0.3 is 15.0 Å². The molecule has 0 saturated carbocycles. The molecule has 5 heteroatoms. The maximum absolute atomic E-state index is 12.0. The summed E-state index contributed by atoms with van der Waals surface area (Å²) < 4.78 is 0. The van der Waals surface area contributed by atoms with Gasteiger partial charge in [0.05, 0.1) is 6.42 Å². The number of hydrogen-bond donors (Lipinski definition) is 2. The third-order valence-corrected chi connectivity index (χ3v) is 2.77. The molecule has 1 amide bonds. The van der Waals surface area contributed by atoms with Crippen LogP contribution < -0.4 is 0 Å². The van der Waals surface area contributed by atoms with Gasteiger partial charge in [0.2, 0.25) is 0 Å². The van der Waals surface area contributed by atoms with Crippen LogP contribution >= 0.6 is 0 Å². The standard InChI is InChI=1S/C13H14N2O3/c1-15(7-6-12(16)17)13(18)11-8-9-4-2-3-5-10(9)14-11/h2-5,8,14H,6-7H2,1H3,(H,16,17). The molecule has 1 heterocycles. The number of aromatic nitrogens is 1. The van der Waals surface area contributed by atoms with Crippen molar-refractivity contribution in [1.29, 1.82) is 0 Å². The maximum atomic E-state index is 12.0. The molecule has 1 aromatic heterocycles. The highest BCUT2D eigenvalue weighted by molar-refractivity contribution is 5.98. The molecule has 0 atom stereocenters. The van der Waals surface area contributed by atoms with Gasteiger partial charge in [0.15, 0.2) is 0 Å². The summed E-state index contributed by atoms with van der Waals surface area (Å²) in [5.41, 5.74) is 1.37. The van der Waals surface area contributed by atoms with Crippen LogP contribution in [0.1, 0.15) is 16.9 Å². The zero-order valence-corrected chi connectivity index (χ0v) is 10.0. The summed E-state index contributed by atoms with van der Waals surface area (Å²) in [6.45, 7) is 0.198. The van der Waals surface area contributed by atoms with Crippen molar-refractivity contribution >= 4 is 22.8 Å². The molecule has 0 aliphatic rings. The first-order chi connectivity index (χ1) is 8.58. The minimum atomic E-state index is -0.911. The van der Waals surface area contributed by atoms with Crippen LogP contribution in [-0.4, -0.2) is 40.5 Å². The van der Waals surface area contributed by atoms with Crippen LogP contribution in [-0.2, 0) is 4.79 Å². The second-order valence-corrected chi connectivity index (χ2v) is 4.14. The van der Waals surface area contributed by atoms with Gasteiger partial charge in [-0.25, -0.2) is 0 Å². The molecule has 0 aliphatic carbocycles. The van der Waals surface area contributed by atoms with Crippen LogP contribution in [0.5, 0.6) is 0 Å². The molecule has 0 radical (unpaired) electrons. The number of nitrogens with one attached hydrogen (secondary N) is 1. The maximum Gasteiger partial charge on any atom is 0.305 e. The number of fused-ring (bicyclic) bond motifs is 1. The number of carboxylic acids is 1. The van der Waals surface area contributed by atoms with E-state index in [0.29, 0.717) is 5.69 Å². The van der Waals surface area contributed by atoms with Crippen LogP contribution in [0, 0.1) is 0 Å². The Morgan fingerprint density at radius 2 is 2.06 bits per heavy atom. The number of H-pyrrole nitrogens is 1. The fourth-order valence-corrected chi connectivity index (χ4v) is 1.76. The van der Waals surface area contributed by atoms with Gasteiger partial charge in [-0.2, -0.15) is 0 Å². The third-order valence-electron chi connectivity index (χ3n) is 2.77. The van der Waals surface area contributed by atoms with E-state index in [1.54, 1.807) is 13.1 Å². The number of carbonyl (C=O) groups is 2. The lowest BCUT2D eigenvalue weighted by Gasteiger charge is -2.14. The summed E-state index contributed by atoms with van der Waals surface area (Å²) in [5, 5.41) is 9.55. The van der Waals surface area contributed by atoms with Gasteiger partial charge >= 0.3 is 5.97 Å². The smallest absolute Gasteiger partial charge is 0.305 e. The van der Waals surface area contributed by atoms with Crippen LogP contribution in [0.25, 0.3) is 10.9 Å². The molecule has 0 spiro atoms. The van der Waals surface area contributed by atoms with Gasteiger partial charge in [0.1, 0.15) is 5.69 Å². The molecule has 94 valence electrons. The predicted molar refractivity (Wildman–Crippen MR) is 67.5 cm³/mol. The number of carbonyl (C=O) groups excluding carboxylic acids is 1. The molecule has 0 fully saturated rings. The van der Waals surface area contributed by atoms with E-state index in [4.69, 9.17) is 5.11 Å². The van der Waals surface area contributed by atoms with E-state index < -0.39 is 5.97 Å². The normalized spacial score (nSPS) is 10.5. The molecule has 1 aromatic carbocycles. The summed E-state index contributed by atoms with van der Waals surface area (Å²) in [5.74, 6) is -1.11. The molecule has 18 heavy (non-hydrogen) atoms. The molecular formula is C13H14N2O3. The van der Waals surface area contributed by atoms with Gasteiger partial charge in [-0.05, 0) is 12.1 Å². The zero-order valence-electron chi connectivity index (χ0n) is 10.0. The first-order valence-electron chi connectivity index (χ1n) is 5.63. The number of amides is 1. The number of para-hydroxylation sites is 1. The molecule has 2 rings (SSSR count). The second-order valence-electron chi connectivity index (χ2n) is 4.14. The highest BCUT2D eigenvalue weighted by Crippen LogP contribution is 2.15. The summed E-state index contributed by atoms with van der Waals surface area (Å²) >= 11 is 0. The zero-order chi connectivity index (χ0) is 13.1. The van der Waals surface area contributed by atoms with Crippen LogP contribution in [0.3, 0.4) is 0 Å². The number of benzene rings is 1. The Morgan fingerprint density at radius 1 is 1.33 bits per heavy atom. The third kappa shape index (κ3) is 2.51. The van der Waals surface area contributed by atoms with Crippen molar-refractivity contribution in [2.45, 2.75) is 6.42 Å². The van der Waals surface area contributed by atoms with E-state index in [1.807, 2.05) is 24.3 Å². The summed E-state index contributed by atoms with van der Waals surface area (Å²) in [7, 11) is 1.59. The van der Waals surface area contributed by atoms with E-state index in [-0.39, 0.29) is 18.9 Å².